The number of hydrogen-bond donors (Lipinski definition) is 0. The van der Waals surface area contributed by atoms with Gasteiger partial charge in [0.1, 0.15) is 0 Å². The van der Waals surface area contributed by atoms with Gasteiger partial charge >= 0.3 is 36.4 Å². The SMILES string of the molecule is CN1C(F)(F)C(F)(F)N(C(F)(F)C(F)C(F)(F)F)C(F)(F)C1(F)F. The summed E-state index contributed by atoms with van der Waals surface area (Å²) in [6.07, 6.45) is -12.7. The van der Waals surface area contributed by atoms with E-state index in [4.69, 9.17) is 0 Å². The Kier molecular flexibility index (Phi) is 4.36. The first kappa shape index (κ1) is 21.0. The van der Waals surface area contributed by atoms with Crippen LogP contribution in [0.5, 0.6) is 0 Å². The number of piperazine rings is 1. The second-order valence-electron chi connectivity index (χ2n) is 4.55. The smallest absolute Gasteiger partial charge is 0.229 e. The Labute approximate surface area is 122 Å². The molecule has 0 aliphatic carbocycles. The highest BCUT2D eigenvalue weighted by Gasteiger charge is 2.89. The van der Waals surface area contributed by atoms with Gasteiger partial charge in [0.25, 0.3) is 6.17 Å². The molecule has 1 saturated heterocycles. The fourth-order valence-corrected chi connectivity index (χ4v) is 1.71. The molecule has 0 bridgehead atoms. The maximum atomic E-state index is 13.3. The van der Waals surface area contributed by atoms with Crippen molar-refractivity contribution >= 4 is 0 Å². The average molecular weight is 394 g/mol. The van der Waals surface area contributed by atoms with E-state index in [0.29, 0.717) is 0 Å². The molecule has 0 N–H and O–H groups in total. The summed E-state index contributed by atoms with van der Waals surface area (Å²) in [6, 6.07) is -34.2. The Bertz CT molecular complexity index is 467. The van der Waals surface area contributed by atoms with Crippen LogP contribution in [0.2, 0.25) is 0 Å². The highest BCUT2D eigenvalue weighted by molar-refractivity contribution is 5.05. The van der Waals surface area contributed by atoms with E-state index in [-0.39, 0.29) is 0 Å². The summed E-state index contributed by atoms with van der Waals surface area (Å²) < 4.78 is 180. The molecule has 1 rings (SSSR count). The molecule has 1 heterocycles. The van der Waals surface area contributed by atoms with Gasteiger partial charge in [0.05, 0.1) is 0 Å². The Balaban J connectivity index is 3.70. The summed E-state index contributed by atoms with van der Waals surface area (Å²) in [5.41, 5.74) is 0. The summed E-state index contributed by atoms with van der Waals surface area (Å²) in [7, 11) is -0.714. The predicted molar refractivity (Wildman–Crippen MR) is 45.3 cm³/mol. The summed E-state index contributed by atoms with van der Waals surface area (Å²) in [5, 5.41) is 0. The Morgan fingerprint density at radius 2 is 0.958 bits per heavy atom. The van der Waals surface area contributed by atoms with Gasteiger partial charge in [-0.05, 0) is 7.05 Å². The molecule has 0 aromatic heterocycles. The van der Waals surface area contributed by atoms with E-state index in [1.807, 2.05) is 0 Å². The molecule has 1 atom stereocenters. The second-order valence-corrected chi connectivity index (χ2v) is 4.55. The number of hydrogen-bond acceptors (Lipinski definition) is 2. The van der Waals surface area contributed by atoms with Crippen molar-refractivity contribution in [2.45, 2.75) is 42.6 Å². The summed E-state index contributed by atoms with van der Waals surface area (Å²) >= 11 is 0. The maximum Gasteiger partial charge on any atom is 0.427 e. The van der Waals surface area contributed by atoms with Crippen LogP contribution in [0, 0.1) is 0 Å². The molecular weight excluding hydrogens is 390 g/mol. The van der Waals surface area contributed by atoms with Gasteiger partial charge in [-0.3, -0.25) is 0 Å². The lowest BCUT2D eigenvalue weighted by Gasteiger charge is -2.54. The number of halogens is 14. The fraction of sp³-hybridized carbons (Fsp3) is 1.00. The molecule has 24 heavy (non-hydrogen) atoms. The first-order chi connectivity index (χ1) is 10.2. The van der Waals surface area contributed by atoms with Crippen LogP contribution in [0.3, 0.4) is 0 Å². The minimum atomic E-state index is -7.17. The summed E-state index contributed by atoms with van der Waals surface area (Å²) in [5.74, 6) is 0. The number of rotatable bonds is 2. The zero-order valence-corrected chi connectivity index (χ0v) is 10.8. The lowest BCUT2D eigenvalue weighted by molar-refractivity contribution is -0.540. The van der Waals surface area contributed by atoms with E-state index in [9.17, 15) is 61.5 Å². The van der Waals surface area contributed by atoms with Gasteiger partial charge in [-0.1, -0.05) is 0 Å². The molecule has 0 saturated carbocycles. The summed E-state index contributed by atoms with van der Waals surface area (Å²) in [6.45, 7) is 0. The van der Waals surface area contributed by atoms with Crippen molar-refractivity contribution in [1.82, 2.24) is 9.80 Å². The van der Waals surface area contributed by atoms with Gasteiger partial charge in [0, 0.05) is 0 Å². The molecule has 144 valence electrons. The van der Waals surface area contributed by atoms with Gasteiger partial charge in [-0.2, -0.15) is 62.0 Å². The van der Waals surface area contributed by atoms with Crippen molar-refractivity contribution in [3.63, 3.8) is 0 Å². The maximum absolute atomic E-state index is 13.3. The lowest BCUT2D eigenvalue weighted by atomic mass is 10.1. The van der Waals surface area contributed by atoms with Crippen LogP contribution < -0.4 is 0 Å². The lowest BCUT2D eigenvalue weighted by Crippen LogP contribution is -2.84. The van der Waals surface area contributed by atoms with E-state index in [0.717, 1.165) is 0 Å². The largest absolute Gasteiger partial charge is 0.427 e. The van der Waals surface area contributed by atoms with E-state index >= 15 is 0 Å². The average Bonchev–Trinajstić information content (AvgIpc) is 2.32. The van der Waals surface area contributed by atoms with Crippen molar-refractivity contribution in [3.8, 4) is 0 Å². The van der Waals surface area contributed by atoms with Crippen LogP contribution >= 0.6 is 0 Å². The van der Waals surface area contributed by atoms with Crippen LogP contribution in [0.4, 0.5) is 61.5 Å². The number of nitrogens with zero attached hydrogens (tertiary/aromatic N) is 2. The van der Waals surface area contributed by atoms with Crippen molar-refractivity contribution in [2.24, 2.45) is 0 Å². The van der Waals surface area contributed by atoms with Crippen molar-refractivity contribution < 1.29 is 61.5 Å². The fourth-order valence-electron chi connectivity index (χ4n) is 1.71. The van der Waals surface area contributed by atoms with E-state index in [1.54, 1.807) is 0 Å². The molecule has 1 unspecified atom stereocenters. The van der Waals surface area contributed by atoms with Gasteiger partial charge in [0.15, 0.2) is 0 Å². The standard InChI is InChI=1S/C8H4F14N2/c1-23-5(15,16)7(19,20)24(8(21,22)6(23,17)18)4(13,14)2(9)3(10,11)12/h2H,1H3. The van der Waals surface area contributed by atoms with E-state index < -0.39 is 59.4 Å². The van der Waals surface area contributed by atoms with Crippen LogP contribution in [0.25, 0.3) is 0 Å². The molecule has 0 aromatic carbocycles. The number of likely N-dealkylation sites (N-methyl/N-ethyl adjacent to an activating group) is 1. The number of alkyl halides is 14. The molecule has 1 aliphatic heterocycles. The minimum absolute atomic E-state index is 0.714. The van der Waals surface area contributed by atoms with Crippen molar-refractivity contribution in [2.75, 3.05) is 7.05 Å². The highest BCUT2D eigenvalue weighted by atomic mass is 19.4. The molecule has 2 nitrogen and oxygen atoms in total. The van der Waals surface area contributed by atoms with Crippen LogP contribution in [0.15, 0.2) is 0 Å². The molecule has 0 amide bonds. The molecule has 16 heteroatoms. The zero-order chi connectivity index (χ0) is 19.7. The van der Waals surface area contributed by atoms with Crippen LogP contribution in [0.1, 0.15) is 0 Å². The first-order valence-electron chi connectivity index (χ1n) is 5.32. The zero-order valence-electron chi connectivity index (χ0n) is 10.8. The van der Waals surface area contributed by atoms with Gasteiger partial charge in [-0.25, -0.2) is 4.39 Å². The Morgan fingerprint density at radius 3 is 1.21 bits per heavy atom. The van der Waals surface area contributed by atoms with Crippen molar-refractivity contribution in [3.05, 3.63) is 0 Å². The van der Waals surface area contributed by atoms with E-state index in [2.05, 4.69) is 0 Å². The third-order valence-electron chi connectivity index (χ3n) is 3.02. The third kappa shape index (κ3) is 2.40. The molecule has 0 spiro atoms. The molecule has 0 radical (unpaired) electrons. The molecule has 1 fully saturated rings. The van der Waals surface area contributed by atoms with Gasteiger partial charge < -0.3 is 0 Å². The third-order valence-corrected chi connectivity index (χ3v) is 3.02. The second kappa shape index (κ2) is 4.98. The first-order valence-corrected chi connectivity index (χ1v) is 5.32. The molecule has 1 aliphatic rings. The highest BCUT2D eigenvalue weighted by Crippen LogP contribution is 2.60. The van der Waals surface area contributed by atoms with Crippen molar-refractivity contribution in [1.29, 1.82) is 0 Å². The molecular formula is C8H4F14N2. The van der Waals surface area contributed by atoms with Gasteiger partial charge in [0.2, 0.25) is 0 Å². The quantitative estimate of drug-likeness (QED) is 0.514. The Morgan fingerprint density at radius 1 is 0.667 bits per heavy atom. The van der Waals surface area contributed by atoms with Crippen LogP contribution in [-0.2, 0) is 0 Å². The predicted octanol–water partition coefficient (Wildman–Crippen LogP) is 4.10. The summed E-state index contributed by atoms with van der Waals surface area (Å²) in [4.78, 5) is -6.04. The normalized spacial score (nSPS) is 28.6. The van der Waals surface area contributed by atoms with Crippen LogP contribution in [-0.4, -0.2) is 59.4 Å². The topological polar surface area (TPSA) is 6.48 Å². The molecule has 0 aromatic rings. The monoisotopic (exact) mass is 394 g/mol. The Hall–Kier alpha value is -1.06. The minimum Gasteiger partial charge on any atom is -0.229 e. The van der Waals surface area contributed by atoms with Gasteiger partial charge in [-0.15, -0.1) is 4.90 Å². The van der Waals surface area contributed by atoms with E-state index in [1.165, 1.54) is 0 Å².